The minimum Gasteiger partial charge on any atom is -0.550 e. The van der Waals surface area contributed by atoms with E-state index in [0.29, 0.717) is 18.6 Å². The molecule has 1 N–H and O–H groups in total. The van der Waals surface area contributed by atoms with Crippen molar-refractivity contribution in [3.63, 3.8) is 0 Å². The van der Waals surface area contributed by atoms with E-state index in [0.717, 1.165) is 57.8 Å². The Morgan fingerprint density at radius 2 is 2.00 bits per heavy atom. The molecule has 1 saturated carbocycles. The highest BCUT2D eigenvalue weighted by Crippen LogP contribution is 2.34. The molecule has 0 unspecified atom stereocenters. The molecule has 0 heterocycles. The Morgan fingerprint density at radius 3 is 2.71 bits per heavy atom. The Labute approximate surface area is 146 Å². The van der Waals surface area contributed by atoms with Crippen molar-refractivity contribution < 1.29 is 19.8 Å². The van der Waals surface area contributed by atoms with Crippen LogP contribution < -0.4 is 5.11 Å². The monoisotopic (exact) mass is 337 g/mol. The van der Waals surface area contributed by atoms with E-state index in [1.54, 1.807) is 0 Å². The molecular formula is C20H33O4-. The zero-order valence-electron chi connectivity index (χ0n) is 15.0. The molecule has 4 heteroatoms. The van der Waals surface area contributed by atoms with Crippen LogP contribution in [0.5, 0.6) is 0 Å². The minimum absolute atomic E-state index is 0.0882. The lowest BCUT2D eigenvalue weighted by Crippen LogP contribution is -2.21. The summed E-state index contributed by atoms with van der Waals surface area (Å²) in [5.41, 5.74) is 0. The highest BCUT2D eigenvalue weighted by Gasteiger charge is 2.32. The first-order valence-electron chi connectivity index (χ1n) is 9.63. The molecule has 1 fully saturated rings. The van der Waals surface area contributed by atoms with E-state index in [9.17, 15) is 19.8 Å². The maximum atomic E-state index is 12.1. The first-order valence-corrected chi connectivity index (χ1v) is 9.63. The van der Waals surface area contributed by atoms with Crippen LogP contribution in [0, 0.1) is 11.8 Å². The van der Waals surface area contributed by atoms with Gasteiger partial charge in [0.15, 0.2) is 0 Å². The molecule has 24 heavy (non-hydrogen) atoms. The zero-order chi connectivity index (χ0) is 17.8. The van der Waals surface area contributed by atoms with E-state index in [-0.39, 0.29) is 18.3 Å². The topological polar surface area (TPSA) is 77.4 Å². The lowest BCUT2D eigenvalue weighted by Gasteiger charge is -2.15. The van der Waals surface area contributed by atoms with Gasteiger partial charge in [-0.15, -0.1) is 0 Å². The first-order chi connectivity index (χ1) is 11.5. The molecule has 0 spiro atoms. The lowest BCUT2D eigenvalue weighted by molar-refractivity contribution is -0.305. The number of ketones is 1. The third-order valence-electron chi connectivity index (χ3n) is 4.98. The van der Waals surface area contributed by atoms with Crippen LogP contribution in [0.25, 0.3) is 0 Å². The van der Waals surface area contributed by atoms with Gasteiger partial charge >= 0.3 is 0 Å². The Kier molecular flexibility index (Phi) is 10.6. The summed E-state index contributed by atoms with van der Waals surface area (Å²) in [5, 5.41) is 20.3. The molecule has 0 aliphatic heterocycles. The predicted octanol–water partition coefficient (Wildman–Crippen LogP) is 3.17. The lowest BCUT2D eigenvalue weighted by atomic mass is 9.89. The molecule has 0 bridgehead atoms. The number of carboxylic acids is 1. The molecular weight excluding hydrogens is 304 g/mol. The number of rotatable bonds is 13. The summed E-state index contributed by atoms with van der Waals surface area (Å²) in [6.45, 7) is 2.15. The molecule has 0 amide bonds. The van der Waals surface area contributed by atoms with E-state index >= 15 is 0 Å². The largest absolute Gasteiger partial charge is 0.550 e. The Balaban J connectivity index is 2.28. The summed E-state index contributed by atoms with van der Waals surface area (Å²) in [6.07, 6.45) is 13.7. The molecule has 0 aromatic rings. The fourth-order valence-electron chi connectivity index (χ4n) is 3.50. The average molecular weight is 337 g/mol. The van der Waals surface area contributed by atoms with E-state index in [1.807, 2.05) is 6.08 Å². The number of hydrogen-bond donors (Lipinski definition) is 1. The number of carboxylic acid groups (broad SMARTS) is 1. The molecule has 1 rings (SSSR count). The number of unbranched alkanes of at least 4 members (excludes halogenated alkanes) is 5. The number of allylic oxidation sites excluding steroid dienone is 1. The molecule has 138 valence electrons. The summed E-state index contributed by atoms with van der Waals surface area (Å²) in [5.74, 6) is -0.282. The van der Waals surface area contributed by atoms with Crippen molar-refractivity contribution in [1.29, 1.82) is 0 Å². The molecule has 3 atom stereocenters. The summed E-state index contributed by atoms with van der Waals surface area (Å²) in [6, 6.07) is 0. The minimum atomic E-state index is -0.983. The van der Waals surface area contributed by atoms with Crippen molar-refractivity contribution in [3.8, 4) is 0 Å². The van der Waals surface area contributed by atoms with E-state index < -0.39 is 12.1 Å². The maximum absolute atomic E-state index is 12.1. The van der Waals surface area contributed by atoms with Crippen molar-refractivity contribution in [2.24, 2.45) is 11.8 Å². The molecule has 1 aliphatic carbocycles. The SMILES string of the molecule is CCCCC[C@H](O)/C=C/[C@H]1CCC(=O)[C@@H]1CCCCCCC(=O)[O-]. The van der Waals surface area contributed by atoms with Crippen molar-refractivity contribution in [1.82, 2.24) is 0 Å². The van der Waals surface area contributed by atoms with Crippen molar-refractivity contribution in [2.75, 3.05) is 0 Å². The second-order valence-corrected chi connectivity index (χ2v) is 7.05. The molecule has 0 aromatic carbocycles. The second kappa shape index (κ2) is 12.2. The van der Waals surface area contributed by atoms with Crippen LogP contribution in [0.3, 0.4) is 0 Å². The van der Waals surface area contributed by atoms with E-state index in [1.165, 1.54) is 0 Å². The van der Waals surface area contributed by atoms with Gasteiger partial charge in [-0.1, -0.05) is 57.6 Å². The van der Waals surface area contributed by atoms with Crippen LogP contribution in [-0.2, 0) is 9.59 Å². The number of aliphatic carboxylic acids is 1. The van der Waals surface area contributed by atoms with Gasteiger partial charge in [-0.25, -0.2) is 0 Å². The van der Waals surface area contributed by atoms with Crippen molar-refractivity contribution in [3.05, 3.63) is 12.2 Å². The van der Waals surface area contributed by atoms with Gasteiger partial charge in [-0.3, -0.25) is 4.79 Å². The maximum Gasteiger partial charge on any atom is 0.136 e. The third kappa shape index (κ3) is 8.62. The van der Waals surface area contributed by atoms with Gasteiger partial charge in [0, 0.05) is 18.3 Å². The van der Waals surface area contributed by atoms with Gasteiger partial charge in [-0.05, 0) is 38.0 Å². The highest BCUT2D eigenvalue weighted by atomic mass is 16.4. The van der Waals surface area contributed by atoms with Crippen LogP contribution in [0.2, 0.25) is 0 Å². The van der Waals surface area contributed by atoms with Crippen LogP contribution in [0.15, 0.2) is 12.2 Å². The molecule has 4 nitrogen and oxygen atoms in total. The van der Waals surface area contributed by atoms with Gasteiger partial charge in [-0.2, -0.15) is 0 Å². The number of hydrogen-bond acceptors (Lipinski definition) is 4. The number of aliphatic hydroxyl groups is 1. The summed E-state index contributed by atoms with van der Waals surface area (Å²) in [7, 11) is 0. The van der Waals surface area contributed by atoms with Crippen molar-refractivity contribution >= 4 is 11.8 Å². The van der Waals surface area contributed by atoms with Crippen molar-refractivity contribution in [2.45, 2.75) is 90.1 Å². The Morgan fingerprint density at radius 1 is 1.25 bits per heavy atom. The normalized spacial score (nSPS) is 22.3. The van der Waals surface area contributed by atoms with Gasteiger partial charge in [0.05, 0.1) is 6.10 Å². The van der Waals surface area contributed by atoms with Gasteiger partial charge in [0.25, 0.3) is 0 Å². The average Bonchev–Trinajstić information content (AvgIpc) is 2.89. The first kappa shape index (κ1) is 20.9. The van der Waals surface area contributed by atoms with E-state index in [2.05, 4.69) is 13.0 Å². The highest BCUT2D eigenvalue weighted by molar-refractivity contribution is 5.83. The van der Waals surface area contributed by atoms with Gasteiger partial charge in [0.1, 0.15) is 5.78 Å². The number of carbonyl (C=O) groups is 2. The summed E-state index contributed by atoms with van der Waals surface area (Å²) >= 11 is 0. The van der Waals surface area contributed by atoms with Crippen LogP contribution in [-0.4, -0.2) is 23.0 Å². The fraction of sp³-hybridized carbons (Fsp3) is 0.800. The van der Waals surface area contributed by atoms with E-state index in [4.69, 9.17) is 0 Å². The predicted molar refractivity (Wildman–Crippen MR) is 93.2 cm³/mol. The molecule has 0 aromatic heterocycles. The third-order valence-corrected chi connectivity index (χ3v) is 4.98. The zero-order valence-corrected chi connectivity index (χ0v) is 15.0. The standard InChI is InChI=1S/C20H34O4/c1-2-3-6-9-17(21)14-12-16-13-15-19(22)18(16)10-7-4-5-8-11-20(23)24/h12,14,16-18,21H,2-11,13,15H2,1H3,(H,23,24)/p-1/b14-12+/t16-,17-,18+/m0/s1. The second-order valence-electron chi connectivity index (χ2n) is 7.05. The van der Waals surface area contributed by atoms with Crippen LogP contribution in [0.4, 0.5) is 0 Å². The van der Waals surface area contributed by atoms with Crippen LogP contribution >= 0.6 is 0 Å². The van der Waals surface area contributed by atoms with Gasteiger partial charge < -0.3 is 15.0 Å². The number of carbonyl (C=O) groups excluding carboxylic acids is 2. The molecule has 0 saturated heterocycles. The molecule has 1 aliphatic rings. The summed E-state index contributed by atoms with van der Waals surface area (Å²) in [4.78, 5) is 22.4. The summed E-state index contributed by atoms with van der Waals surface area (Å²) < 4.78 is 0. The smallest absolute Gasteiger partial charge is 0.136 e. The van der Waals surface area contributed by atoms with Crippen LogP contribution in [0.1, 0.15) is 84.0 Å². The molecule has 0 radical (unpaired) electrons. The van der Waals surface area contributed by atoms with Gasteiger partial charge in [0.2, 0.25) is 0 Å². The number of aliphatic hydroxyl groups excluding tert-OH is 1. The Bertz CT molecular complexity index is 402. The Hall–Kier alpha value is -1.16. The fourth-order valence-corrected chi connectivity index (χ4v) is 3.50. The quantitative estimate of drug-likeness (QED) is 0.414. The number of Topliss-reactive ketones (excluding diaryl/α,β-unsaturated/α-hetero) is 1.